The molecule has 0 heterocycles. The Balaban J connectivity index is 2.73. The summed E-state index contributed by atoms with van der Waals surface area (Å²) in [7, 11) is 0. The van der Waals surface area contributed by atoms with Crippen LogP contribution < -0.4 is 0 Å². The highest BCUT2D eigenvalue weighted by atomic mass is 79.9. The van der Waals surface area contributed by atoms with E-state index in [9.17, 15) is 0 Å². The summed E-state index contributed by atoms with van der Waals surface area (Å²) in [4.78, 5) is 0. The molecule has 0 aromatic carbocycles. The van der Waals surface area contributed by atoms with Crippen LogP contribution in [0.2, 0.25) is 0 Å². The Labute approximate surface area is 85.0 Å². The number of ether oxygens (including phenoxy) is 1. The minimum Gasteiger partial charge on any atom is -0.381 e. The maximum absolute atomic E-state index is 5.44. The third-order valence-electron chi connectivity index (χ3n) is 1.81. The number of rotatable bonds is 9. The predicted molar refractivity (Wildman–Crippen MR) is 58.0 cm³/mol. The van der Waals surface area contributed by atoms with Crippen molar-refractivity contribution in [2.75, 3.05) is 18.5 Å². The fraction of sp³-hybridized carbons (Fsp3) is 1.00. The molecule has 0 saturated carbocycles. The summed E-state index contributed by atoms with van der Waals surface area (Å²) in [5.41, 5.74) is 0. The van der Waals surface area contributed by atoms with E-state index in [2.05, 4.69) is 22.9 Å². The molecule has 0 aliphatic rings. The quantitative estimate of drug-likeness (QED) is 0.438. The van der Waals surface area contributed by atoms with Crippen molar-refractivity contribution in [3.05, 3.63) is 0 Å². The summed E-state index contributed by atoms with van der Waals surface area (Å²) >= 11 is 3.42. The van der Waals surface area contributed by atoms with E-state index in [4.69, 9.17) is 4.74 Å². The van der Waals surface area contributed by atoms with Gasteiger partial charge in [-0.2, -0.15) is 0 Å². The van der Waals surface area contributed by atoms with Gasteiger partial charge in [0.15, 0.2) is 0 Å². The van der Waals surface area contributed by atoms with E-state index in [1.165, 1.54) is 38.5 Å². The van der Waals surface area contributed by atoms with Gasteiger partial charge in [-0.25, -0.2) is 0 Å². The van der Waals surface area contributed by atoms with Crippen LogP contribution in [0.1, 0.15) is 45.4 Å². The molecule has 0 amide bonds. The van der Waals surface area contributed by atoms with E-state index < -0.39 is 0 Å². The molecule has 74 valence electrons. The highest BCUT2D eigenvalue weighted by Crippen LogP contribution is 2.02. The fourth-order valence-electron chi connectivity index (χ4n) is 1.00. The Bertz CT molecular complexity index is 66.2. The summed E-state index contributed by atoms with van der Waals surface area (Å²) in [6.45, 7) is 4.11. The molecule has 0 rings (SSSR count). The maximum Gasteiger partial charge on any atom is 0.0466 e. The zero-order chi connectivity index (χ0) is 9.07. The molecule has 0 radical (unpaired) electrons. The molecule has 2 heteroatoms. The van der Waals surface area contributed by atoms with Crippen molar-refractivity contribution in [2.24, 2.45) is 0 Å². The van der Waals surface area contributed by atoms with Gasteiger partial charge in [0.25, 0.3) is 0 Å². The summed E-state index contributed by atoms with van der Waals surface area (Å²) in [5, 5.41) is 1.14. The Hall–Kier alpha value is 0.440. The third-order valence-corrected chi connectivity index (χ3v) is 2.38. The third kappa shape index (κ3) is 10.4. The van der Waals surface area contributed by atoms with Crippen LogP contribution in [-0.2, 0) is 4.74 Å². The zero-order valence-electron chi connectivity index (χ0n) is 8.15. The van der Waals surface area contributed by atoms with Gasteiger partial charge in [0.2, 0.25) is 0 Å². The molecule has 0 saturated heterocycles. The first-order chi connectivity index (χ1) is 5.91. The first-order valence-electron chi connectivity index (χ1n) is 5.05. The van der Waals surface area contributed by atoms with Crippen molar-refractivity contribution in [2.45, 2.75) is 45.4 Å². The lowest BCUT2D eigenvalue weighted by Crippen LogP contribution is -1.96. The molecular weight excluding hydrogens is 216 g/mol. The smallest absolute Gasteiger partial charge is 0.0466 e. The number of halogens is 1. The van der Waals surface area contributed by atoms with E-state index in [1.807, 2.05) is 0 Å². The minimum atomic E-state index is 0.953. The first-order valence-corrected chi connectivity index (χ1v) is 6.17. The van der Waals surface area contributed by atoms with E-state index >= 15 is 0 Å². The van der Waals surface area contributed by atoms with Gasteiger partial charge < -0.3 is 4.74 Å². The monoisotopic (exact) mass is 236 g/mol. The van der Waals surface area contributed by atoms with Crippen molar-refractivity contribution in [3.63, 3.8) is 0 Å². The van der Waals surface area contributed by atoms with Crippen LogP contribution in [0.4, 0.5) is 0 Å². The van der Waals surface area contributed by atoms with Gasteiger partial charge in [-0.05, 0) is 19.3 Å². The van der Waals surface area contributed by atoms with Crippen molar-refractivity contribution < 1.29 is 4.74 Å². The van der Waals surface area contributed by atoms with Gasteiger partial charge >= 0.3 is 0 Å². The average Bonchev–Trinajstić information content (AvgIpc) is 2.10. The van der Waals surface area contributed by atoms with Crippen LogP contribution in [0.25, 0.3) is 0 Å². The van der Waals surface area contributed by atoms with Crippen LogP contribution in [0.3, 0.4) is 0 Å². The molecule has 0 aromatic rings. The van der Waals surface area contributed by atoms with Gasteiger partial charge in [-0.1, -0.05) is 42.1 Å². The second-order valence-corrected chi connectivity index (χ2v) is 3.86. The molecule has 1 nitrogen and oxygen atoms in total. The highest BCUT2D eigenvalue weighted by Gasteiger charge is 1.89. The molecular formula is C10H21BrO. The first kappa shape index (κ1) is 12.4. The predicted octanol–water partition coefficient (Wildman–Crippen LogP) is 3.76. The summed E-state index contributed by atoms with van der Waals surface area (Å²) < 4.78 is 5.44. The minimum absolute atomic E-state index is 0.953. The molecule has 0 atom stereocenters. The lowest BCUT2D eigenvalue weighted by molar-refractivity contribution is 0.127. The molecule has 0 N–H and O–H groups in total. The molecule has 0 aliphatic heterocycles. The van der Waals surface area contributed by atoms with Crippen LogP contribution >= 0.6 is 15.9 Å². The summed E-state index contributed by atoms with van der Waals surface area (Å²) in [6.07, 6.45) is 7.64. The second-order valence-electron chi connectivity index (χ2n) is 3.07. The van der Waals surface area contributed by atoms with Crippen molar-refractivity contribution in [1.82, 2.24) is 0 Å². The van der Waals surface area contributed by atoms with Crippen molar-refractivity contribution >= 4 is 15.9 Å². The molecule has 0 bridgehead atoms. The maximum atomic E-state index is 5.44. The molecule has 0 aromatic heterocycles. The highest BCUT2D eigenvalue weighted by molar-refractivity contribution is 9.09. The SMILES string of the molecule is CCCCOCCCCCCBr. The largest absolute Gasteiger partial charge is 0.381 e. The van der Waals surface area contributed by atoms with Gasteiger partial charge in [-0.3, -0.25) is 0 Å². The zero-order valence-corrected chi connectivity index (χ0v) is 9.74. The Morgan fingerprint density at radius 3 is 2.25 bits per heavy atom. The van der Waals surface area contributed by atoms with E-state index in [1.54, 1.807) is 0 Å². The van der Waals surface area contributed by atoms with Crippen LogP contribution in [0.15, 0.2) is 0 Å². The molecule has 0 spiro atoms. The number of hydrogen-bond acceptors (Lipinski definition) is 1. The van der Waals surface area contributed by atoms with E-state index in [0.717, 1.165) is 18.5 Å². The van der Waals surface area contributed by atoms with Crippen LogP contribution in [0, 0.1) is 0 Å². The van der Waals surface area contributed by atoms with E-state index in [0.29, 0.717) is 0 Å². The standard InChI is InChI=1S/C10H21BrO/c1-2-3-9-12-10-7-5-4-6-8-11/h2-10H2,1H3. The topological polar surface area (TPSA) is 9.23 Å². The van der Waals surface area contributed by atoms with Gasteiger partial charge in [0.05, 0.1) is 0 Å². The lowest BCUT2D eigenvalue weighted by atomic mass is 10.2. The lowest BCUT2D eigenvalue weighted by Gasteiger charge is -2.02. The van der Waals surface area contributed by atoms with E-state index in [-0.39, 0.29) is 0 Å². The Morgan fingerprint density at radius 2 is 1.58 bits per heavy atom. The average molecular weight is 237 g/mol. The van der Waals surface area contributed by atoms with Gasteiger partial charge in [-0.15, -0.1) is 0 Å². The number of unbranched alkanes of at least 4 members (excludes halogenated alkanes) is 4. The van der Waals surface area contributed by atoms with Crippen molar-refractivity contribution in [3.8, 4) is 0 Å². The van der Waals surface area contributed by atoms with Crippen LogP contribution in [0.5, 0.6) is 0 Å². The summed E-state index contributed by atoms with van der Waals surface area (Å²) in [5.74, 6) is 0. The molecule has 0 unspecified atom stereocenters. The summed E-state index contributed by atoms with van der Waals surface area (Å²) in [6, 6.07) is 0. The van der Waals surface area contributed by atoms with Crippen molar-refractivity contribution in [1.29, 1.82) is 0 Å². The number of alkyl halides is 1. The molecule has 0 fully saturated rings. The Morgan fingerprint density at radius 1 is 0.917 bits per heavy atom. The van der Waals surface area contributed by atoms with Crippen LogP contribution in [-0.4, -0.2) is 18.5 Å². The normalized spacial score (nSPS) is 10.5. The number of hydrogen-bond donors (Lipinski definition) is 0. The van der Waals surface area contributed by atoms with Gasteiger partial charge in [0.1, 0.15) is 0 Å². The fourth-order valence-corrected chi connectivity index (χ4v) is 1.40. The molecule has 12 heavy (non-hydrogen) atoms. The van der Waals surface area contributed by atoms with Gasteiger partial charge in [0, 0.05) is 18.5 Å². The molecule has 0 aliphatic carbocycles. The second kappa shape index (κ2) is 11.4. The Kier molecular flexibility index (Phi) is 11.9.